The van der Waals surface area contributed by atoms with Gasteiger partial charge in [-0.15, -0.1) is 0 Å². The number of nitrogens with one attached hydrogen (secondary N) is 1. The number of ether oxygens (including phenoxy) is 1. The molecule has 2 aromatic heterocycles. The number of halogens is 1. The van der Waals surface area contributed by atoms with Crippen molar-refractivity contribution < 1.29 is 27.9 Å². The molecule has 0 aliphatic carbocycles. The molecule has 204 valence electrons. The Labute approximate surface area is 224 Å². The fourth-order valence-electron chi connectivity index (χ4n) is 5.90. The van der Waals surface area contributed by atoms with Crippen molar-refractivity contribution in [3.63, 3.8) is 0 Å². The van der Waals surface area contributed by atoms with Crippen LogP contribution >= 0.6 is 0 Å². The van der Waals surface area contributed by atoms with E-state index in [4.69, 9.17) is 14.1 Å². The quantitative estimate of drug-likeness (QED) is 0.460. The van der Waals surface area contributed by atoms with Gasteiger partial charge in [0.05, 0.1) is 19.1 Å². The summed E-state index contributed by atoms with van der Waals surface area (Å²) in [6.45, 7) is 6.88. The largest absolute Gasteiger partial charge is 0.494 e. The van der Waals surface area contributed by atoms with E-state index >= 15 is 0 Å². The summed E-state index contributed by atoms with van der Waals surface area (Å²) in [5.41, 5.74) is 0.00739. The van der Waals surface area contributed by atoms with Crippen LogP contribution in [0.1, 0.15) is 41.4 Å². The van der Waals surface area contributed by atoms with Crippen LogP contribution in [-0.2, 0) is 21.5 Å². The lowest BCUT2D eigenvalue weighted by molar-refractivity contribution is -0.127. The lowest BCUT2D eigenvalue weighted by Crippen LogP contribution is -2.46. The van der Waals surface area contributed by atoms with Crippen molar-refractivity contribution in [1.29, 1.82) is 0 Å². The Bertz CT molecular complexity index is 1480. The van der Waals surface area contributed by atoms with Crippen LogP contribution in [0.3, 0.4) is 0 Å². The smallest absolute Gasteiger partial charge is 0.257 e. The van der Waals surface area contributed by atoms with Crippen LogP contribution in [0.25, 0.3) is 11.1 Å². The van der Waals surface area contributed by atoms with E-state index in [-0.39, 0.29) is 36.6 Å². The number of pyridine rings is 1. The minimum Gasteiger partial charge on any atom is -0.494 e. The highest BCUT2D eigenvalue weighted by Crippen LogP contribution is 2.40. The first kappa shape index (κ1) is 25.3. The molecule has 0 bridgehead atoms. The third kappa shape index (κ3) is 4.21. The van der Waals surface area contributed by atoms with Crippen molar-refractivity contribution in [2.24, 2.45) is 0 Å². The average Bonchev–Trinajstić information content (AvgIpc) is 3.58. The Kier molecular flexibility index (Phi) is 6.25. The van der Waals surface area contributed by atoms with Crippen LogP contribution in [0.15, 0.2) is 34.7 Å². The molecule has 6 rings (SSSR count). The molecule has 10 nitrogen and oxygen atoms in total. The van der Waals surface area contributed by atoms with Gasteiger partial charge in [-0.3, -0.25) is 24.6 Å². The van der Waals surface area contributed by atoms with Gasteiger partial charge in [-0.2, -0.15) is 0 Å². The highest BCUT2D eigenvalue weighted by atomic mass is 19.1. The SMILES string of the molecule is CCCN1CCN(c2ccc3oc([C@]4(CN5Cc6ccc(OC)c(F)c6C5=O)CC(=O)NC4=O)cc3n2)CC1. The summed E-state index contributed by atoms with van der Waals surface area (Å²) in [4.78, 5) is 49.8. The molecule has 0 radical (unpaired) electrons. The van der Waals surface area contributed by atoms with E-state index in [2.05, 4.69) is 22.0 Å². The summed E-state index contributed by atoms with van der Waals surface area (Å²) in [6, 6.07) is 8.51. The number of amides is 3. The number of fused-ring (bicyclic) bond motifs is 2. The number of hydrogen-bond acceptors (Lipinski definition) is 8. The second-order valence-electron chi connectivity index (χ2n) is 10.4. The Morgan fingerprint density at radius 3 is 2.62 bits per heavy atom. The summed E-state index contributed by atoms with van der Waals surface area (Å²) in [6.07, 6.45) is 0.932. The lowest BCUT2D eigenvalue weighted by atomic mass is 9.82. The summed E-state index contributed by atoms with van der Waals surface area (Å²) in [5, 5.41) is 2.36. The second-order valence-corrected chi connectivity index (χ2v) is 10.4. The molecule has 0 unspecified atom stereocenters. The van der Waals surface area contributed by atoms with E-state index in [0.717, 1.165) is 45.0 Å². The molecule has 2 saturated heterocycles. The number of benzene rings is 1. The van der Waals surface area contributed by atoms with E-state index in [1.165, 1.54) is 18.1 Å². The maximum absolute atomic E-state index is 14.9. The van der Waals surface area contributed by atoms with Gasteiger partial charge in [-0.1, -0.05) is 13.0 Å². The van der Waals surface area contributed by atoms with Crippen molar-refractivity contribution in [3.8, 4) is 5.75 Å². The molecule has 0 spiro atoms. The van der Waals surface area contributed by atoms with Gasteiger partial charge in [0.1, 0.15) is 22.5 Å². The summed E-state index contributed by atoms with van der Waals surface area (Å²) in [7, 11) is 1.33. The lowest BCUT2D eigenvalue weighted by Gasteiger charge is -2.35. The van der Waals surface area contributed by atoms with Crippen LogP contribution in [-0.4, -0.2) is 78.9 Å². The van der Waals surface area contributed by atoms with Crippen molar-refractivity contribution in [1.82, 2.24) is 20.1 Å². The first-order chi connectivity index (χ1) is 18.8. The van der Waals surface area contributed by atoms with Crippen molar-refractivity contribution in [2.45, 2.75) is 31.7 Å². The van der Waals surface area contributed by atoms with Gasteiger partial charge < -0.3 is 19.0 Å². The fraction of sp³-hybridized carbons (Fsp3) is 0.429. The molecule has 3 aliphatic heterocycles. The minimum absolute atomic E-state index is 0.0293. The zero-order chi connectivity index (χ0) is 27.3. The van der Waals surface area contributed by atoms with Gasteiger partial charge in [0, 0.05) is 45.3 Å². The number of methoxy groups -OCH3 is 1. The van der Waals surface area contributed by atoms with Crippen LogP contribution < -0.4 is 15.0 Å². The first-order valence-electron chi connectivity index (χ1n) is 13.2. The molecule has 1 aromatic carbocycles. The molecule has 1 N–H and O–H groups in total. The summed E-state index contributed by atoms with van der Waals surface area (Å²) >= 11 is 0. The van der Waals surface area contributed by atoms with Crippen LogP contribution in [0.5, 0.6) is 5.75 Å². The van der Waals surface area contributed by atoms with E-state index < -0.39 is 29.0 Å². The highest BCUT2D eigenvalue weighted by Gasteiger charge is 2.53. The number of rotatable bonds is 7. The Hall–Kier alpha value is -3.99. The molecular weight excluding hydrogens is 505 g/mol. The molecule has 2 fully saturated rings. The molecule has 3 aromatic rings. The van der Waals surface area contributed by atoms with E-state index in [0.29, 0.717) is 16.7 Å². The number of nitrogens with zero attached hydrogens (tertiary/aromatic N) is 4. The molecule has 0 saturated carbocycles. The minimum atomic E-state index is -1.46. The number of hydrogen-bond donors (Lipinski definition) is 1. The monoisotopic (exact) mass is 535 g/mol. The van der Waals surface area contributed by atoms with Gasteiger partial charge in [0.2, 0.25) is 11.8 Å². The Balaban J connectivity index is 1.30. The summed E-state index contributed by atoms with van der Waals surface area (Å²) < 4.78 is 26.1. The third-order valence-electron chi connectivity index (χ3n) is 7.95. The zero-order valence-corrected chi connectivity index (χ0v) is 22.0. The fourth-order valence-corrected chi connectivity index (χ4v) is 5.90. The standard InChI is InChI=1S/C28H30FN5O5/c1-3-8-32-9-11-33(12-10-32)22-7-6-19-18(30-22)13-21(39-19)28(14-23(35)31-27(28)37)16-34-15-17-4-5-20(38-2)25(29)24(17)26(34)36/h4-7,13H,3,8-12,14-16H2,1-2H3,(H,31,35,37)/t28-/m1/s1. The summed E-state index contributed by atoms with van der Waals surface area (Å²) in [5.74, 6) is -1.28. The molecular formula is C28H30FN5O5. The molecule has 5 heterocycles. The normalized spacial score (nSPS) is 21.7. The topological polar surface area (TPSA) is 108 Å². The highest BCUT2D eigenvalue weighted by molar-refractivity contribution is 6.10. The average molecular weight is 536 g/mol. The molecule has 3 amide bonds. The molecule has 11 heteroatoms. The molecule has 39 heavy (non-hydrogen) atoms. The second kappa shape index (κ2) is 9.64. The van der Waals surface area contributed by atoms with E-state index in [9.17, 15) is 18.8 Å². The van der Waals surface area contributed by atoms with Gasteiger partial charge in [-0.05, 0) is 36.7 Å². The maximum Gasteiger partial charge on any atom is 0.257 e. The van der Waals surface area contributed by atoms with Crippen LogP contribution in [0.4, 0.5) is 10.2 Å². The molecule has 3 aliphatic rings. The third-order valence-corrected chi connectivity index (χ3v) is 7.95. The van der Waals surface area contributed by atoms with Crippen LogP contribution in [0.2, 0.25) is 0 Å². The Morgan fingerprint density at radius 1 is 1.13 bits per heavy atom. The van der Waals surface area contributed by atoms with E-state index in [1.54, 1.807) is 12.1 Å². The van der Waals surface area contributed by atoms with Gasteiger partial charge in [0.25, 0.3) is 5.91 Å². The van der Waals surface area contributed by atoms with Crippen molar-refractivity contribution in [3.05, 3.63) is 53.0 Å². The number of piperazine rings is 1. The van der Waals surface area contributed by atoms with E-state index in [1.807, 2.05) is 12.1 Å². The number of imide groups is 1. The van der Waals surface area contributed by atoms with Gasteiger partial charge in [-0.25, -0.2) is 9.37 Å². The first-order valence-corrected chi connectivity index (χ1v) is 13.2. The predicted octanol–water partition coefficient (Wildman–Crippen LogP) is 2.45. The zero-order valence-electron chi connectivity index (χ0n) is 22.0. The number of carbonyl (C=O) groups is 3. The molecule has 1 atom stereocenters. The van der Waals surface area contributed by atoms with Crippen molar-refractivity contribution in [2.75, 3.05) is 51.3 Å². The van der Waals surface area contributed by atoms with Crippen LogP contribution in [0, 0.1) is 5.82 Å². The van der Waals surface area contributed by atoms with Crippen molar-refractivity contribution >= 4 is 34.6 Å². The maximum atomic E-state index is 14.9. The number of furan rings is 1. The van der Waals surface area contributed by atoms with Gasteiger partial charge in [0.15, 0.2) is 17.1 Å². The number of carbonyl (C=O) groups excluding carboxylic acids is 3. The van der Waals surface area contributed by atoms with Gasteiger partial charge >= 0.3 is 0 Å². The number of anilines is 1. The predicted molar refractivity (Wildman–Crippen MR) is 140 cm³/mol. The number of aromatic nitrogens is 1. The Morgan fingerprint density at radius 2 is 1.92 bits per heavy atom.